The van der Waals surface area contributed by atoms with E-state index >= 15 is 0 Å². The Morgan fingerprint density at radius 1 is 0.949 bits per heavy atom. The van der Waals surface area contributed by atoms with Crippen molar-refractivity contribution in [3.63, 3.8) is 0 Å². The summed E-state index contributed by atoms with van der Waals surface area (Å²) in [4.78, 5) is 42.4. The van der Waals surface area contributed by atoms with E-state index in [-0.39, 0.29) is 18.1 Å². The highest BCUT2D eigenvalue weighted by Crippen LogP contribution is 2.32. The fourth-order valence-corrected chi connectivity index (χ4v) is 4.31. The van der Waals surface area contributed by atoms with Gasteiger partial charge >= 0.3 is 6.09 Å². The van der Waals surface area contributed by atoms with Gasteiger partial charge < -0.3 is 25.4 Å². The Morgan fingerprint density at radius 3 is 2.18 bits per heavy atom. The summed E-state index contributed by atoms with van der Waals surface area (Å²) in [5, 5.41) is 16.0. The first kappa shape index (κ1) is 31.7. The summed E-state index contributed by atoms with van der Waals surface area (Å²) in [6, 6.07) is 13.7. The highest BCUT2D eigenvalue weighted by atomic mass is 16.6. The molecule has 8 heteroatoms. The third kappa shape index (κ3) is 10.3. The van der Waals surface area contributed by atoms with Gasteiger partial charge in [0.2, 0.25) is 11.8 Å². The Balaban J connectivity index is 2.54. The van der Waals surface area contributed by atoms with E-state index in [1.807, 2.05) is 51.1 Å². The van der Waals surface area contributed by atoms with Crippen LogP contribution < -0.4 is 10.6 Å². The van der Waals surface area contributed by atoms with E-state index < -0.39 is 35.2 Å². The van der Waals surface area contributed by atoms with Gasteiger partial charge in [-0.15, -0.1) is 0 Å². The molecule has 0 saturated carbocycles. The summed E-state index contributed by atoms with van der Waals surface area (Å²) in [6.07, 6.45) is 2.28. The van der Waals surface area contributed by atoms with Crippen molar-refractivity contribution in [1.82, 2.24) is 15.5 Å². The Hall–Kier alpha value is -3.55. The molecule has 2 unspecified atom stereocenters. The summed E-state index contributed by atoms with van der Waals surface area (Å²) in [5.74, 6) is -0.796. The average molecular weight is 540 g/mol. The molecule has 2 rings (SSSR count). The first-order valence-corrected chi connectivity index (χ1v) is 13.7. The van der Waals surface area contributed by atoms with E-state index in [4.69, 9.17) is 4.74 Å². The first-order valence-electron chi connectivity index (χ1n) is 13.7. The molecule has 8 nitrogen and oxygen atoms in total. The smallest absolute Gasteiger partial charge is 0.408 e. The van der Waals surface area contributed by atoms with Gasteiger partial charge in [-0.1, -0.05) is 62.2 Å². The predicted octanol–water partition coefficient (Wildman–Crippen LogP) is 5.50. The second-order valence-corrected chi connectivity index (χ2v) is 11.8. The van der Waals surface area contributed by atoms with Gasteiger partial charge in [-0.3, -0.25) is 9.59 Å². The van der Waals surface area contributed by atoms with Crippen molar-refractivity contribution >= 4 is 17.9 Å². The van der Waals surface area contributed by atoms with E-state index in [2.05, 4.69) is 17.6 Å². The number of hydrogen-bond donors (Lipinski definition) is 3. The number of nitrogens with zero attached hydrogens (tertiary/aromatic N) is 1. The van der Waals surface area contributed by atoms with Gasteiger partial charge in [0, 0.05) is 18.5 Å². The Bertz CT molecular complexity index is 1090. The van der Waals surface area contributed by atoms with Crippen LogP contribution in [0, 0.1) is 0 Å². The maximum absolute atomic E-state index is 14.4. The molecule has 2 aromatic carbocycles. The van der Waals surface area contributed by atoms with E-state index in [0.717, 1.165) is 24.8 Å². The van der Waals surface area contributed by atoms with Crippen molar-refractivity contribution in [3.8, 4) is 5.75 Å². The van der Waals surface area contributed by atoms with E-state index in [1.54, 1.807) is 32.9 Å². The first-order chi connectivity index (χ1) is 18.2. The van der Waals surface area contributed by atoms with E-state index in [1.165, 1.54) is 17.0 Å². The van der Waals surface area contributed by atoms with Gasteiger partial charge in [0.05, 0.1) is 0 Å². The topological polar surface area (TPSA) is 108 Å². The molecule has 3 N–H and O–H groups in total. The summed E-state index contributed by atoms with van der Waals surface area (Å²) in [6.45, 7) is 13.3. The molecular weight excluding hydrogens is 494 g/mol. The van der Waals surface area contributed by atoms with Crippen LogP contribution in [0.1, 0.15) is 84.9 Å². The number of alkyl carbamates (subject to hydrolysis) is 1. The van der Waals surface area contributed by atoms with Gasteiger partial charge in [0.25, 0.3) is 0 Å². The van der Waals surface area contributed by atoms with E-state index in [0.29, 0.717) is 12.1 Å². The van der Waals surface area contributed by atoms with Gasteiger partial charge in [-0.25, -0.2) is 4.79 Å². The number of rotatable bonds is 11. The number of aromatic hydroxyl groups is 1. The largest absolute Gasteiger partial charge is 0.508 e. The lowest BCUT2D eigenvalue weighted by Crippen LogP contribution is -2.59. The van der Waals surface area contributed by atoms with Crippen LogP contribution in [-0.2, 0) is 20.7 Å². The number of phenols is 1. The molecular formula is C31H45N3O5. The highest BCUT2D eigenvalue weighted by molar-refractivity contribution is 5.93. The van der Waals surface area contributed by atoms with Crippen molar-refractivity contribution in [2.75, 3.05) is 6.54 Å². The predicted molar refractivity (Wildman–Crippen MR) is 153 cm³/mol. The number of carbonyl (C=O) groups is 3. The van der Waals surface area contributed by atoms with Crippen molar-refractivity contribution in [2.24, 2.45) is 0 Å². The minimum Gasteiger partial charge on any atom is -0.508 e. The number of ether oxygens (including phenoxy) is 1. The van der Waals surface area contributed by atoms with Crippen LogP contribution in [0.25, 0.3) is 0 Å². The maximum Gasteiger partial charge on any atom is 0.408 e. The summed E-state index contributed by atoms with van der Waals surface area (Å²) >= 11 is 0. The molecule has 0 aromatic heterocycles. The Morgan fingerprint density at radius 2 is 1.62 bits per heavy atom. The molecule has 2 aromatic rings. The number of nitrogens with one attached hydrogen (secondary N) is 2. The zero-order chi connectivity index (χ0) is 29.2. The van der Waals surface area contributed by atoms with Crippen LogP contribution in [0.3, 0.4) is 0 Å². The molecule has 0 bridgehead atoms. The zero-order valence-electron chi connectivity index (χ0n) is 24.4. The molecule has 2 atom stereocenters. The quantitative estimate of drug-likeness (QED) is 0.327. The lowest BCUT2D eigenvalue weighted by Gasteiger charge is -2.43. The number of benzene rings is 2. The SMILES string of the molecule is CCCCCNC(=O)C(c1cccc(O)c1)N(C(=O)C(Cc1ccccc1)NC(=O)OC(C)(C)C)C(C)(C)C. The fraction of sp³-hybridized carbons (Fsp3) is 0.516. The van der Waals surface area contributed by atoms with Crippen molar-refractivity contribution < 1.29 is 24.2 Å². The molecule has 0 saturated heterocycles. The van der Waals surface area contributed by atoms with Crippen LogP contribution in [0.15, 0.2) is 54.6 Å². The zero-order valence-corrected chi connectivity index (χ0v) is 24.4. The fourth-order valence-electron chi connectivity index (χ4n) is 4.31. The number of hydrogen-bond acceptors (Lipinski definition) is 5. The molecule has 3 amide bonds. The van der Waals surface area contributed by atoms with E-state index in [9.17, 15) is 19.5 Å². The second-order valence-electron chi connectivity index (χ2n) is 11.8. The summed E-state index contributed by atoms with van der Waals surface area (Å²) in [5.41, 5.74) is -0.254. The summed E-state index contributed by atoms with van der Waals surface area (Å²) < 4.78 is 5.47. The second kappa shape index (κ2) is 14.0. The molecule has 214 valence electrons. The maximum atomic E-state index is 14.4. The third-order valence-electron chi connectivity index (χ3n) is 6.00. The van der Waals surface area contributed by atoms with Crippen LogP contribution in [-0.4, -0.2) is 51.6 Å². The molecule has 39 heavy (non-hydrogen) atoms. The van der Waals surface area contributed by atoms with Gasteiger partial charge in [0.15, 0.2) is 0 Å². The standard InChI is InChI=1S/C31H45N3O5/c1-8-9-13-19-32-27(36)26(23-17-14-18-24(35)21-23)34(30(2,3)4)28(37)25(20-22-15-11-10-12-16-22)33-29(38)39-31(5,6)7/h10-12,14-18,21,25-26,35H,8-9,13,19-20H2,1-7H3,(H,32,36)(H,33,38). The molecule has 0 heterocycles. The van der Waals surface area contributed by atoms with Gasteiger partial charge in [0.1, 0.15) is 23.4 Å². The normalized spacial score (nSPS) is 13.2. The van der Waals surface area contributed by atoms with Crippen molar-refractivity contribution in [1.29, 1.82) is 0 Å². The number of amides is 3. The highest BCUT2D eigenvalue weighted by Gasteiger charge is 2.42. The Kier molecular flexibility index (Phi) is 11.4. The third-order valence-corrected chi connectivity index (χ3v) is 6.00. The Labute approximate surface area is 233 Å². The lowest BCUT2D eigenvalue weighted by atomic mass is 9.94. The number of phenolic OH excluding ortho intramolecular Hbond substituents is 1. The van der Waals surface area contributed by atoms with Crippen molar-refractivity contribution in [3.05, 3.63) is 65.7 Å². The van der Waals surface area contributed by atoms with Gasteiger partial charge in [-0.2, -0.15) is 0 Å². The minimum absolute atomic E-state index is 0.00898. The summed E-state index contributed by atoms with van der Waals surface area (Å²) in [7, 11) is 0. The number of unbranched alkanes of at least 4 members (excludes halogenated alkanes) is 2. The molecule has 0 aliphatic carbocycles. The molecule has 0 spiro atoms. The van der Waals surface area contributed by atoms with Crippen LogP contribution >= 0.6 is 0 Å². The van der Waals surface area contributed by atoms with Crippen LogP contribution in [0.4, 0.5) is 4.79 Å². The van der Waals surface area contributed by atoms with Crippen molar-refractivity contribution in [2.45, 2.75) is 97.4 Å². The number of carbonyl (C=O) groups excluding carboxylic acids is 3. The minimum atomic E-state index is -1.04. The van der Waals surface area contributed by atoms with Crippen LogP contribution in [0.2, 0.25) is 0 Å². The molecule has 0 aliphatic heterocycles. The monoisotopic (exact) mass is 539 g/mol. The molecule has 0 fully saturated rings. The van der Waals surface area contributed by atoms with Gasteiger partial charge in [-0.05, 0) is 71.2 Å². The average Bonchev–Trinajstić information content (AvgIpc) is 2.83. The van der Waals surface area contributed by atoms with Crippen LogP contribution in [0.5, 0.6) is 5.75 Å². The molecule has 0 radical (unpaired) electrons. The lowest BCUT2D eigenvalue weighted by molar-refractivity contribution is -0.148. The molecule has 0 aliphatic rings.